The summed E-state index contributed by atoms with van der Waals surface area (Å²) in [4.78, 5) is 26.2. The molecule has 1 aromatic rings. The van der Waals surface area contributed by atoms with Crippen molar-refractivity contribution in [2.75, 3.05) is 13.7 Å². The van der Waals surface area contributed by atoms with Gasteiger partial charge in [-0.2, -0.15) is 0 Å². The predicted molar refractivity (Wildman–Crippen MR) is 117 cm³/mol. The van der Waals surface area contributed by atoms with Gasteiger partial charge in [0, 0.05) is 29.3 Å². The Bertz CT molecular complexity index is 990. The maximum absolute atomic E-state index is 13.2. The molecular formula is C23H26BrNO5. The van der Waals surface area contributed by atoms with E-state index in [1.807, 2.05) is 0 Å². The van der Waals surface area contributed by atoms with Crippen molar-refractivity contribution in [2.24, 2.45) is 5.41 Å². The number of nitrogens with one attached hydrogen (secondary N) is 1. The highest BCUT2D eigenvalue weighted by Gasteiger charge is 2.43. The molecule has 6 nitrogen and oxygen atoms in total. The number of methoxy groups -OCH3 is 1. The molecule has 0 saturated carbocycles. The predicted octanol–water partition coefficient (Wildman–Crippen LogP) is 4.50. The Labute approximate surface area is 184 Å². The Kier molecular flexibility index (Phi) is 6.13. The van der Waals surface area contributed by atoms with Crippen molar-refractivity contribution in [3.05, 3.63) is 57.4 Å². The van der Waals surface area contributed by atoms with E-state index in [9.17, 15) is 14.7 Å². The summed E-state index contributed by atoms with van der Waals surface area (Å²) in [6.07, 6.45) is 2.57. The maximum atomic E-state index is 13.2. The molecule has 0 spiro atoms. The lowest BCUT2D eigenvalue weighted by atomic mass is 9.68. The van der Waals surface area contributed by atoms with Gasteiger partial charge in [-0.3, -0.25) is 4.79 Å². The van der Waals surface area contributed by atoms with Crippen molar-refractivity contribution in [1.29, 1.82) is 0 Å². The maximum Gasteiger partial charge on any atom is 0.337 e. The second-order valence-electron chi connectivity index (χ2n) is 8.37. The van der Waals surface area contributed by atoms with E-state index in [2.05, 4.69) is 41.7 Å². The number of allylic oxidation sites excluding steroid dienone is 3. The normalized spacial score (nSPS) is 20.4. The Morgan fingerprint density at radius 3 is 2.73 bits per heavy atom. The number of carbonyl (C=O) groups is 2. The number of rotatable bonds is 5. The third-order valence-corrected chi connectivity index (χ3v) is 6.00. The number of hydrogen-bond donors (Lipinski definition) is 2. The van der Waals surface area contributed by atoms with Crippen LogP contribution < -0.4 is 10.1 Å². The number of ketones is 1. The highest BCUT2D eigenvalue weighted by Crippen LogP contribution is 2.48. The number of dihydropyridines is 1. The monoisotopic (exact) mass is 475 g/mol. The summed E-state index contributed by atoms with van der Waals surface area (Å²) in [7, 11) is 1.45. The van der Waals surface area contributed by atoms with E-state index in [1.54, 1.807) is 19.1 Å². The molecule has 1 aromatic carbocycles. The van der Waals surface area contributed by atoms with Crippen LogP contribution in [0.5, 0.6) is 11.5 Å². The summed E-state index contributed by atoms with van der Waals surface area (Å²) in [5, 5.41) is 13.5. The van der Waals surface area contributed by atoms with Crippen LogP contribution in [-0.2, 0) is 14.3 Å². The van der Waals surface area contributed by atoms with Crippen molar-refractivity contribution in [2.45, 2.75) is 39.5 Å². The van der Waals surface area contributed by atoms with Crippen molar-refractivity contribution >= 4 is 27.7 Å². The molecule has 2 N–H and O–H groups in total. The Balaban J connectivity index is 2.23. The molecule has 0 unspecified atom stereocenters. The van der Waals surface area contributed by atoms with Gasteiger partial charge in [-0.05, 0) is 52.4 Å². The largest absolute Gasteiger partial charge is 0.503 e. The molecule has 3 rings (SSSR count). The Morgan fingerprint density at radius 1 is 1.40 bits per heavy atom. The highest BCUT2D eigenvalue weighted by molar-refractivity contribution is 9.10. The number of phenolic OH excluding ortho intramolecular Hbond substituents is 1. The van der Waals surface area contributed by atoms with Crippen molar-refractivity contribution < 1.29 is 24.2 Å². The van der Waals surface area contributed by atoms with Gasteiger partial charge in [0.25, 0.3) is 0 Å². The molecule has 7 heteroatoms. The first-order valence-electron chi connectivity index (χ1n) is 9.68. The summed E-state index contributed by atoms with van der Waals surface area (Å²) in [5.41, 5.74) is 2.86. The zero-order valence-corrected chi connectivity index (χ0v) is 19.2. The van der Waals surface area contributed by atoms with Gasteiger partial charge >= 0.3 is 5.97 Å². The molecule has 1 aliphatic heterocycles. The minimum Gasteiger partial charge on any atom is -0.503 e. The molecule has 1 atom stereocenters. The van der Waals surface area contributed by atoms with Gasteiger partial charge in [0.2, 0.25) is 0 Å². The smallest absolute Gasteiger partial charge is 0.337 e. The summed E-state index contributed by atoms with van der Waals surface area (Å²) in [6, 6.07) is 3.36. The topological polar surface area (TPSA) is 84.9 Å². The number of hydrogen-bond acceptors (Lipinski definition) is 6. The zero-order valence-electron chi connectivity index (χ0n) is 17.6. The van der Waals surface area contributed by atoms with Gasteiger partial charge in [0.1, 0.15) is 6.61 Å². The van der Waals surface area contributed by atoms with Crippen molar-refractivity contribution in [3.63, 3.8) is 0 Å². The van der Waals surface area contributed by atoms with E-state index >= 15 is 0 Å². The number of phenols is 1. The standard InChI is InChI=1S/C23H26BrNO5/c1-6-7-30-22(28)18-12(2)25-15-10-23(3,4)11-16(26)20(15)19(18)13-8-14(24)21(27)17(9-13)29-5/h6,8-9,19,25,27H,1,7,10-11H2,2-5H3/t19-/m1/s1. The van der Waals surface area contributed by atoms with Crippen LogP contribution in [0.4, 0.5) is 0 Å². The van der Waals surface area contributed by atoms with Crippen LogP contribution in [0, 0.1) is 5.41 Å². The van der Waals surface area contributed by atoms with E-state index in [-0.39, 0.29) is 29.3 Å². The van der Waals surface area contributed by atoms with Crippen LogP contribution in [0.2, 0.25) is 0 Å². The lowest BCUT2D eigenvalue weighted by molar-refractivity contribution is -0.138. The number of ether oxygens (including phenoxy) is 2. The Hall–Kier alpha value is -2.54. The Morgan fingerprint density at radius 2 is 2.10 bits per heavy atom. The lowest BCUT2D eigenvalue weighted by Gasteiger charge is -2.39. The van der Waals surface area contributed by atoms with Crippen LogP contribution in [0.15, 0.2) is 51.8 Å². The molecule has 1 heterocycles. The molecule has 1 aliphatic carbocycles. The minimum absolute atomic E-state index is 0.0107. The third kappa shape index (κ3) is 4.03. The molecule has 30 heavy (non-hydrogen) atoms. The van der Waals surface area contributed by atoms with E-state index in [4.69, 9.17) is 9.47 Å². The second-order valence-corrected chi connectivity index (χ2v) is 9.22. The van der Waals surface area contributed by atoms with Crippen molar-refractivity contribution in [1.82, 2.24) is 5.32 Å². The fourth-order valence-electron chi connectivity index (χ4n) is 4.17. The van der Waals surface area contributed by atoms with Gasteiger partial charge < -0.3 is 19.9 Å². The average Bonchev–Trinajstić information content (AvgIpc) is 2.66. The number of Topliss-reactive ketones (excluding diaryl/α,β-unsaturated/α-hetero) is 1. The van der Waals surface area contributed by atoms with Gasteiger partial charge in [0.15, 0.2) is 17.3 Å². The third-order valence-electron chi connectivity index (χ3n) is 5.40. The lowest BCUT2D eigenvalue weighted by Crippen LogP contribution is -2.38. The van der Waals surface area contributed by atoms with Crippen LogP contribution in [0.3, 0.4) is 0 Å². The minimum atomic E-state index is -0.632. The molecule has 0 aromatic heterocycles. The van der Waals surface area contributed by atoms with E-state index in [1.165, 1.54) is 13.2 Å². The molecule has 0 amide bonds. The first-order chi connectivity index (χ1) is 14.1. The molecule has 0 saturated heterocycles. The fourth-order valence-corrected chi connectivity index (χ4v) is 4.63. The highest BCUT2D eigenvalue weighted by atomic mass is 79.9. The number of carbonyl (C=O) groups excluding carboxylic acids is 2. The van der Waals surface area contributed by atoms with Crippen LogP contribution >= 0.6 is 15.9 Å². The number of esters is 1. The SMILES string of the molecule is C=CCOC(=O)C1=C(C)NC2=C(C(=O)CC(C)(C)C2)[C@@H]1c1cc(Br)c(O)c(OC)c1. The van der Waals surface area contributed by atoms with Crippen LogP contribution in [-0.4, -0.2) is 30.6 Å². The van der Waals surface area contributed by atoms with E-state index in [0.717, 1.165) is 5.70 Å². The van der Waals surface area contributed by atoms with Gasteiger partial charge in [-0.25, -0.2) is 4.79 Å². The zero-order chi connectivity index (χ0) is 22.2. The van der Waals surface area contributed by atoms with E-state index in [0.29, 0.717) is 39.7 Å². The van der Waals surface area contributed by atoms with Gasteiger partial charge in [-0.15, -0.1) is 0 Å². The van der Waals surface area contributed by atoms with Crippen molar-refractivity contribution in [3.8, 4) is 11.5 Å². The molecule has 0 fully saturated rings. The summed E-state index contributed by atoms with van der Waals surface area (Å²) < 4.78 is 11.1. The summed E-state index contributed by atoms with van der Waals surface area (Å²) in [5.74, 6) is -0.953. The van der Waals surface area contributed by atoms with Gasteiger partial charge in [-0.1, -0.05) is 26.5 Å². The summed E-state index contributed by atoms with van der Waals surface area (Å²) >= 11 is 3.35. The molecule has 0 bridgehead atoms. The first kappa shape index (κ1) is 22.2. The number of halogens is 1. The van der Waals surface area contributed by atoms with Crippen LogP contribution in [0.1, 0.15) is 45.1 Å². The summed E-state index contributed by atoms with van der Waals surface area (Å²) in [6.45, 7) is 9.57. The fraction of sp³-hybridized carbons (Fsp3) is 0.391. The number of benzene rings is 1. The van der Waals surface area contributed by atoms with Gasteiger partial charge in [0.05, 0.1) is 17.2 Å². The quantitative estimate of drug-likeness (QED) is 0.481. The first-order valence-corrected chi connectivity index (χ1v) is 10.5. The average molecular weight is 476 g/mol. The molecule has 160 valence electrons. The molecule has 2 aliphatic rings. The second kappa shape index (κ2) is 8.30. The van der Waals surface area contributed by atoms with Crippen LogP contribution in [0.25, 0.3) is 0 Å². The van der Waals surface area contributed by atoms with E-state index < -0.39 is 11.9 Å². The number of aromatic hydroxyl groups is 1. The molecule has 0 radical (unpaired) electrons. The molecular weight excluding hydrogens is 450 g/mol.